The molecule has 0 amide bonds. The summed E-state index contributed by atoms with van der Waals surface area (Å²) >= 11 is 1.62. The van der Waals surface area contributed by atoms with Crippen molar-refractivity contribution in [1.29, 1.82) is 0 Å². The molecule has 0 aliphatic heterocycles. The molecule has 0 atom stereocenters. The Morgan fingerprint density at radius 3 is 2.04 bits per heavy atom. The van der Waals surface area contributed by atoms with Crippen molar-refractivity contribution in [1.82, 2.24) is 0 Å². The number of carbonyl (C=O) groups excluding carboxylic acids is 2. The number of Topliss-reactive ketones (excluding diaryl/α,β-unsaturated/α-hetero) is 2. The van der Waals surface area contributed by atoms with E-state index in [1.165, 1.54) is 0 Å². The van der Waals surface area contributed by atoms with Crippen LogP contribution >= 0.6 is 11.8 Å². The molecule has 0 saturated carbocycles. The van der Waals surface area contributed by atoms with Crippen LogP contribution < -0.4 is 0 Å². The number of benzene rings is 3. The van der Waals surface area contributed by atoms with Gasteiger partial charge >= 0.3 is 0 Å². The van der Waals surface area contributed by atoms with Crippen LogP contribution in [0.3, 0.4) is 0 Å². The van der Waals surface area contributed by atoms with E-state index in [1.807, 2.05) is 68.4 Å². The highest BCUT2D eigenvalue weighted by atomic mass is 32.2. The quantitative estimate of drug-likeness (QED) is 0.450. The number of ketones is 2. The molecule has 0 unspecified atom stereocenters. The molecule has 0 aliphatic rings. The number of aryl methyl sites for hydroxylation is 2. The van der Waals surface area contributed by atoms with Crippen molar-refractivity contribution < 1.29 is 9.59 Å². The fourth-order valence-corrected chi connectivity index (χ4v) is 3.37. The molecule has 0 saturated heterocycles. The largest absolute Gasteiger partial charge is 0.285 e. The van der Waals surface area contributed by atoms with Gasteiger partial charge in [-0.25, -0.2) is 0 Å². The van der Waals surface area contributed by atoms with Crippen molar-refractivity contribution in [2.24, 2.45) is 0 Å². The summed E-state index contributed by atoms with van der Waals surface area (Å²) in [5, 5.41) is 0. The Hall–Kier alpha value is -2.65. The molecule has 3 rings (SSSR count). The van der Waals surface area contributed by atoms with E-state index in [0.29, 0.717) is 11.1 Å². The molecule has 0 spiro atoms. The maximum absolute atomic E-state index is 12.5. The minimum atomic E-state index is -0.468. The maximum Gasteiger partial charge on any atom is 0.233 e. The molecule has 0 bridgehead atoms. The average molecular weight is 346 g/mol. The molecular weight excluding hydrogens is 328 g/mol. The summed E-state index contributed by atoms with van der Waals surface area (Å²) in [6.45, 7) is 3.76. The zero-order valence-electron chi connectivity index (χ0n) is 14.2. The van der Waals surface area contributed by atoms with Gasteiger partial charge in [0.05, 0.1) is 0 Å². The van der Waals surface area contributed by atoms with Crippen LogP contribution in [0.1, 0.15) is 31.8 Å². The first-order valence-corrected chi connectivity index (χ1v) is 8.85. The van der Waals surface area contributed by atoms with Crippen LogP contribution in [0.2, 0.25) is 0 Å². The number of hydrogen-bond acceptors (Lipinski definition) is 3. The lowest BCUT2D eigenvalue weighted by atomic mass is 9.96. The number of rotatable bonds is 5. The highest BCUT2D eigenvalue weighted by Gasteiger charge is 2.20. The second kappa shape index (κ2) is 7.49. The van der Waals surface area contributed by atoms with Gasteiger partial charge in [0.1, 0.15) is 0 Å². The average Bonchev–Trinajstić information content (AvgIpc) is 2.64. The van der Waals surface area contributed by atoms with E-state index in [2.05, 4.69) is 0 Å². The van der Waals surface area contributed by atoms with E-state index in [1.54, 1.807) is 30.0 Å². The van der Waals surface area contributed by atoms with Crippen molar-refractivity contribution in [3.8, 4) is 0 Å². The van der Waals surface area contributed by atoms with Gasteiger partial charge in [0, 0.05) is 20.9 Å². The van der Waals surface area contributed by atoms with Gasteiger partial charge in [-0.05, 0) is 61.9 Å². The Bertz CT molecular complexity index is 913. The molecule has 3 aromatic carbocycles. The van der Waals surface area contributed by atoms with Crippen LogP contribution in [-0.4, -0.2) is 11.6 Å². The topological polar surface area (TPSA) is 34.1 Å². The van der Waals surface area contributed by atoms with Crippen molar-refractivity contribution >= 4 is 23.3 Å². The summed E-state index contributed by atoms with van der Waals surface area (Å²) < 4.78 is 0. The summed E-state index contributed by atoms with van der Waals surface area (Å²) in [6.07, 6.45) is 0. The van der Waals surface area contributed by atoms with E-state index in [-0.39, 0.29) is 0 Å². The molecule has 0 heterocycles. The SMILES string of the molecule is Cc1ccc(C)c(C(=O)C(=O)c2ccc(Sc3ccccc3)cc2)c1. The molecular formula is C22H18O2S. The Morgan fingerprint density at radius 1 is 0.720 bits per heavy atom. The molecule has 0 N–H and O–H groups in total. The third kappa shape index (κ3) is 4.06. The Labute approximate surface area is 151 Å². The van der Waals surface area contributed by atoms with Gasteiger partial charge in [0.25, 0.3) is 0 Å². The predicted octanol–water partition coefficient (Wildman–Crippen LogP) is 5.52. The normalized spacial score (nSPS) is 10.5. The van der Waals surface area contributed by atoms with Gasteiger partial charge in [-0.15, -0.1) is 0 Å². The van der Waals surface area contributed by atoms with Gasteiger partial charge in [-0.1, -0.05) is 47.7 Å². The Morgan fingerprint density at radius 2 is 1.36 bits per heavy atom. The van der Waals surface area contributed by atoms with Gasteiger partial charge < -0.3 is 0 Å². The predicted molar refractivity (Wildman–Crippen MR) is 102 cm³/mol. The molecule has 0 radical (unpaired) electrons. The lowest BCUT2D eigenvalue weighted by molar-refractivity contribution is 0.0816. The number of carbonyl (C=O) groups is 2. The maximum atomic E-state index is 12.5. The molecule has 0 aromatic heterocycles. The van der Waals surface area contributed by atoms with Gasteiger partial charge in [0.15, 0.2) is 0 Å². The van der Waals surface area contributed by atoms with Crippen LogP contribution in [-0.2, 0) is 0 Å². The zero-order chi connectivity index (χ0) is 17.8. The van der Waals surface area contributed by atoms with Crippen LogP contribution in [0.25, 0.3) is 0 Å². The van der Waals surface area contributed by atoms with Crippen molar-refractivity contribution in [3.63, 3.8) is 0 Å². The summed E-state index contributed by atoms with van der Waals surface area (Å²) in [4.78, 5) is 27.2. The fraction of sp³-hybridized carbons (Fsp3) is 0.0909. The molecule has 0 fully saturated rings. The van der Waals surface area contributed by atoms with Gasteiger partial charge in [0.2, 0.25) is 11.6 Å². The zero-order valence-corrected chi connectivity index (χ0v) is 15.0. The summed E-state index contributed by atoms with van der Waals surface area (Å²) in [6, 6.07) is 22.8. The Balaban J connectivity index is 1.78. The van der Waals surface area contributed by atoms with E-state index in [9.17, 15) is 9.59 Å². The monoisotopic (exact) mass is 346 g/mol. The summed E-state index contributed by atoms with van der Waals surface area (Å²) in [7, 11) is 0. The summed E-state index contributed by atoms with van der Waals surface area (Å²) in [5.41, 5.74) is 2.69. The molecule has 124 valence electrons. The first-order valence-electron chi connectivity index (χ1n) is 8.04. The number of hydrogen-bond donors (Lipinski definition) is 0. The molecule has 25 heavy (non-hydrogen) atoms. The van der Waals surface area contributed by atoms with Crippen molar-refractivity contribution in [2.75, 3.05) is 0 Å². The highest BCUT2D eigenvalue weighted by Crippen LogP contribution is 2.27. The van der Waals surface area contributed by atoms with Crippen LogP contribution in [0.5, 0.6) is 0 Å². The van der Waals surface area contributed by atoms with E-state index in [4.69, 9.17) is 0 Å². The second-order valence-corrected chi connectivity index (χ2v) is 7.06. The van der Waals surface area contributed by atoms with Crippen molar-refractivity contribution in [2.45, 2.75) is 23.6 Å². The van der Waals surface area contributed by atoms with E-state index < -0.39 is 11.6 Å². The molecule has 3 heteroatoms. The van der Waals surface area contributed by atoms with Crippen LogP contribution in [0.15, 0.2) is 82.6 Å². The second-order valence-electron chi connectivity index (χ2n) is 5.92. The Kier molecular flexibility index (Phi) is 5.15. The first-order chi connectivity index (χ1) is 12.0. The van der Waals surface area contributed by atoms with Gasteiger partial charge in [-0.2, -0.15) is 0 Å². The van der Waals surface area contributed by atoms with E-state index >= 15 is 0 Å². The van der Waals surface area contributed by atoms with Gasteiger partial charge in [-0.3, -0.25) is 9.59 Å². The third-order valence-corrected chi connectivity index (χ3v) is 4.96. The van der Waals surface area contributed by atoms with Crippen LogP contribution in [0, 0.1) is 13.8 Å². The van der Waals surface area contributed by atoms with Crippen molar-refractivity contribution in [3.05, 3.63) is 95.1 Å². The standard InChI is InChI=1S/C22H18O2S/c1-15-8-9-16(2)20(14-15)22(24)21(23)17-10-12-19(13-11-17)25-18-6-4-3-5-7-18/h3-14H,1-2H3. The molecule has 3 aromatic rings. The smallest absolute Gasteiger partial charge is 0.233 e. The minimum absolute atomic E-state index is 0.420. The summed E-state index contributed by atoms with van der Waals surface area (Å²) in [5.74, 6) is -0.922. The lowest BCUT2D eigenvalue weighted by Gasteiger charge is -2.07. The van der Waals surface area contributed by atoms with E-state index in [0.717, 1.165) is 20.9 Å². The first kappa shape index (κ1) is 17.2. The molecule has 0 aliphatic carbocycles. The van der Waals surface area contributed by atoms with Crippen LogP contribution in [0.4, 0.5) is 0 Å². The minimum Gasteiger partial charge on any atom is -0.285 e. The third-order valence-electron chi connectivity index (χ3n) is 3.94. The lowest BCUT2D eigenvalue weighted by Crippen LogP contribution is -2.15. The molecule has 2 nitrogen and oxygen atoms in total. The fourth-order valence-electron chi connectivity index (χ4n) is 2.53. The highest BCUT2D eigenvalue weighted by molar-refractivity contribution is 7.99.